The Morgan fingerprint density at radius 2 is 1.96 bits per heavy atom. The van der Waals surface area contributed by atoms with Crippen molar-refractivity contribution in [2.45, 2.75) is 19.5 Å². The first-order chi connectivity index (χ1) is 12.6. The number of nitrogens with one attached hydrogen (secondary N) is 2. The van der Waals surface area contributed by atoms with E-state index in [9.17, 15) is 9.59 Å². The van der Waals surface area contributed by atoms with Crippen molar-refractivity contribution in [3.05, 3.63) is 59.7 Å². The van der Waals surface area contributed by atoms with Crippen LogP contribution in [0.3, 0.4) is 0 Å². The normalized spacial score (nSPS) is 19.9. The van der Waals surface area contributed by atoms with E-state index in [0.717, 1.165) is 11.1 Å². The largest absolute Gasteiger partial charge is 0.359 e. The lowest BCUT2D eigenvalue weighted by Gasteiger charge is -2.18. The highest BCUT2D eigenvalue weighted by Gasteiger charge is 2.38. The summed E-state index contributed by atoms with van der Waals surface area (Å²) < 4.78 is 0. The summed E-state index contributed by atoms with van der Waals surface area (Å²) in [6.07, 6.45) is 5.17. The smallest absolute Gasteiger partial charge is 0.270 e. The van der Waals surface area contributed by atoms with Gasteiger partial charge in [0.1, 0.15) is 5.69 Å². The van der Waals surface area contributed by atoms with Crippen molar-refractivity contribution in [3.63, 3.8) is 0 Å². The summed E-state index contributed by atoms with van der Waals surface area (Å²) in [5.74, 6) is -0.615. The second-order valence-corrected chi connectivity index (χ2v) is 6.57. The molecule has 0 unspecified atom stereocenters. The molecule has 136 valence electrons. The Hall–Kier alpha value is -2.80. The fourth-order valence-electron chi connectivity index (χ4n) is 3.20. The second-order valence-electron chi connectivity index (χ2n) is 6.57. The first-order valence-electron chi connectivity index (χ1n) is 8.63. The Bertz CT molecular complexity index is 763. The number of hydrogen-bond donors (Lipinski definition) is 2. The quantitative estimate of drug-likeness (QED) is 0.829. The summed E-state index contributed by atoms with van der Waals surface area (Å²) in [7, 11) is 1.62. The van der Waals surface area contributed by atoms with Crippen LogP contribution in [0.1, 0.15) is 21.6 Å². The Morgan fingerprint density at radius 3 is 2.62 bits per heavy atom. The molecule has 0 bridgehead atoms. The maximum Gasteiger partial charge on any atom is 0.270 e. The lowest BCUT2D eigenvalue weighted by Crippen LogP contribution is -2.45. The zero-order valence-corrected chi connectivity index (χ0v) is 15.0. The molecule has 2 aromatic heterocycles. The highest BCUT2D eigenvalue weighted by molar-refractivity contribution is 5.93. The highest BCUT2D eigenvalue weighted by Crippen LogP contribution is 2.20. The molecule has 1 aliphatic heterocycles. The molecule has 3 heterocycles. The van der Waals surface area contributed by atoms with Gasteiger partial charge >= 0.3 is 0 Å². The van der Waals surface area contributed by atoms with Crippen LogP contribution in [-0.4, -0.2) is 52.9 Å². The van der Waals surface area contributed by atoms with E-state index in [1.807, 2.05) is 25.1 Å². The second kappa shape index (κ2) is 8.05. The lowest BCUT2D eigenvalue weighted by atomic mass is 10.0. The molecule has 2 amide bonds. The Kier molecular flexibility index (Phi) is 5.58. The van der Waals surface area contributed by atoms with Crippen LogP contribution < -0.4 is 10.6 Å². The predicted molar refractivity (Wildman–Crippen MR) is 97.3 cm³/mol. The molecule has 3 rings (SSSR count). The van der Waals surface area contributed by atoms with Crippen molar-refractivity contribution >= 4 is 11.8 Å². The van der Waals surface area contributed by atoms with Gasteiger partial charge in [0, 0.05) is 45.3 Å². The number of carbonyl (C=O) groups is 2. The SMILES string of the molecule is CNC(=O)[C@H]1CN(Cc2ccncc2)C[C@@H]1NC(=O)c1ccc(C)cn1. The minimum Gasteiger partial charge on any atom is -0.359 e. The number of rotatable bonds is 5. The molecule has 0 spiro atoms. The lowest BCUT2D eigenvalue weighted by molar-refractivity contribution is -0.124. The molecule has 0 aliphatic carbocycles. The summed E-state index contributed by atoms with van der Waals surface area (Å²) in [6, 6.07) is 7.20. The van der Waals surface area contributed by atoms with Gasteiger partial charge in [-0.3, -0.25) is 24.5 Å². The molecular weight excluding hydrogens is 330 g/mol. The molecule has 0 saturated carbocycles. The van der Waals surface area contributed by atoms with Crippen LogP contribution in [0, 0.1) is 12.8 Å². The minimum absolute atomic E-state index is 0.0654. The van der Waals surface area contributed by atoms with Crippen molar-refractivity contribution in [2.24, 2.45) is 5.92 Å². The van der Waals surface area contributed by atoms with Crippen molar-refractivity contribution < 1.29 is 9.59 Å². The van der Waals surface area contributed by atoms with Gasteiger partial charge in [0.15, 0.2) is 0 Å². The van der Waals surface area contributed by atoms with Gasteiger partial charge in [-0.2, -0.15) is 0 Å². The van der Waals surface area contributed by atoms with Gasteiger partial charge in [-0.1, -0.05) is 6.07 Å². The number of amides is 2. The van der Waals surface area contributed by atoms with Crippen LogP contribution in [0.4, 0.5) is 0 Å². The minimum atomic E-state index is -0.295. The zero-order chi connectivity index (χ0) is 18.5. The monoisotopic (exact) mass is 353 g/mol. The van der Waals surface area contributed by atoms with Gasteiger partial charge in [-0.15, -0.1) is 0 Å². The maximum atomic E-state index is 12.5. The molecule has 2 N–H and O–H groups in total. The van der Waals surface area contributed by atoms with Gasteiger partial charge in [-0.25, -0.2) is 0 Å². The topological polar surface area (TPSA) is 87.2 Å². The molecule has 0 radical (unpaired) electrons. The summed E-state index contributed by atoms with van der Waals surface area (Å²) in [6.45, 7) is 3.84. The number of hydrogen-bond acceptors (Lipinski definition) is 5. The Labute approximate surface area is 152 Å². The predicted octanol–water partition coefficient (Wildman–Crippen LogP) is 0.761. The van der Waals surface area contributed by atoms with Gasteiger partial charge < -0.3 is 10.6 Å². The third kappa shape index (κ3) is 4.23. The third-order valence-electron chi connectivity index (χ3n) is 4.59. The van der Waals surface area contributed by atoms with Crippen molar-refractivity contribution in [3.8, 4) is 0 Å². The van der Waals surface area contributed by atoms with E-state index < -0.39 is 0 Å². The van der Waals surface area contributed by atoms with Gasteiger partial charge in [0.05, 0.1) is 12.0 Å². The van der Waals surface area contributed by atoms with Crippen LogP contribution in [0.5, 0.6) is 0 Å². The van der Waals surface area contributed by atoms with E-state index in [1.165, 1.54) is 0 Å². The molecule has 2 aromatic rings. The average Bonchev–Trinajstić information content (AvgIpc) is 3.04. The number of aryl methyl sites for hydroxylation is 1. The fraction of sp³-hybridized carbons (Fsp3) is 0.368. The van der Waals surface area contributed by atoms with Gasteiger partial charge in [0.2, 0.25) is 5.91 Å². The molecule has 1 fully saturated rings. The van der Waals surface area contributed by atoms with E-state index >= 15 is 0 Å². The van der Waals surface area contributed by atoms with Crippen molar-refractivity contribution in [2.75, 3.05) is 20.1 Å². The van der Waals surface area contributed by atoms with Gasteiger partial charge in [0.25, 0.3) is 5.91 Å². The van der Waals surface area contributed by atoms with Crippen molar-refractivity contribution in [1.29, 1.82) is 0 Å². The molecule has 1 saturated heterocycles. The van der Waals surface area contributed by atoms with E-state index in [2.05, 4.69) is 25.5 Å². The molecule has 2 atom stereocenters. The van der Waals surface area contributed by atoms with Gasteiger partial charge in [-0.05, 0) is 36.2 Å². The van der Waals surface area contributed by atoms with Crippen LogP contribution in [0.15, 0.2) is 42.9 Å². The number of carbonyl (C=O) groups excluding carboxylic acids is 2. The number of pyridine rings is 2. The number of nitrogens with zero attached hydrogens (tertiary/aromatic N) is 3. The van der Waals surface area contributed by atoms with E-state index in [1.54, 1.807) is 31.7 Å². The maximum absolute atomic E-state index is 12.5. The van der Waals surface area contributed by atoms with E-state index in [-0.39, 0.29) is 23.8 Å². The summed E-state index contributed by atoms with van der Waals surface area (Å²) >= 11 is 0. The first-order valence-corrected chi connectivity index (χ1v) is 8.63. The molecular formula is C19H23N5O2. The molecule has 26 heavy (non-hydrogen) atoms. The fourth-order valence-corrected chi connectivity index (χ4v) is 3.20. The summed E-state index contributed by atoms with van der Waals surface area (Å²) in [5.41, 5.74) is 2.48. The molecule has 7 heteroatoms. The van der Waals surface area contributed by atoms with Crippen LogP contribution >= 0.6 is 0 Å². The van der Waals surface area contributed by atoms with Crippen LogP contribution in [0.2, 0.25) is 0 Å². The highest BCUT2D eigenvalue weighted by atomic mass is 16.2. The molecule has 1 aliphatic rings. The summed E-state index contributed by atoms with van der Waals surface area (Å²) in [5, 5.41) is 5.68. The number of aromatic nitrogens is 2. The van der Waals surface area contributed by atoms with Crippen LogP contribution in [0.25, 0.3) is 0 Å². The number of likely N-dealkylation sites (tertiary alicyclic amines) is 1. The van der Waals surface area contributed by atoms with Crippen molar-refractivity contribution in [1.82, 2.24) is 25.5 Å². The standard InChI is InChI=1S/C19H23N5O2/c1-13-3-4-16(22-9-13)19(26)23-17-12-24(11-15(17)18(25)20-2)10-14-5-7-21-8-6-14/h3-9,15,17H,10-12H2,1-2H3,(H,20,25)(H,23,26)/t15-,17-/m0/s1. The molecule has 0 aromatic carbocycles. The van der Waals surface area contributed by atoms with E-state index in [0.29, 0.717) is 25.3 Å². The Balaban J connectivity index is 1.69. The van der Waals surface area contributed by atoms with Crippen LogP contribution in [-0.2, 0) is 11.3 Å². The van der Waals surface area contributed by atoms with E-state index in [4.69, 9.17) is 0 Å². The third-order valence-corrected chi connectivity index (χ3v) is 4.59. The molecule has 7 nitrogen and oxygen atoms in total. The zero-order valence-electron chi connectivity index (χ0n) is 15.0. The first kappa shape index (κ1) is 18.0. The summed E-state index contributed by atoms with van der Waals surface area (Å²) in [4.78, 5) is 35.1. The Morgan fingerprint density at radius 1 is 1.19 bits per heavy atom. The average molecular weight is 353 g/mol.